The first-order valence-corrected chi connectivity index (χ1v) is 12.0. The van der Waals surface area contributed by atoms with Crippen LogP contribution in [0.4, 0.5) is 0 Å². The van der Waals surface area contributed by atoms with Crippen molar-refractivity contribution in [1.82, 2.24) is 0 Å². The van der Waals surface area contributed by atoms with E-state index in [0.717, 1.165) is 31.7 Å². The Balaban J connectivity index is 1.66. The average Bonchev–Trinajstić information content (AvgIpc) is 2.79. The Kier molecular flexibility index (Phi) is 9.05. The normalized spacial score (nSPS) is 26.9. The summed E-state index contributed by atoms with van der Waals surface area (Å²) in [5.74, 6) is -2.50. The Labute approximate surface area is 202 Å². The van der Waals surface area contributed by atoms with Crippen LogP contribution in [0.15, 0.2) is 6.07 Å². The van der Waals surface area contributed by atoms with E-state index < -0.39 is 60.6 Å². The maximum absolute atomic E-state index is 12.4. The number of thiol groups is 1. The Morgan fingerprint density at radius 3 is 2.62 bits per heavy atom. The Bertz CT molecular complexity index is 891. The van der Waals surface area contributed by atoms with Crippen LogP contribution >= 0.6 is 12.6 Å². The van der Waals surface area contributed by atoms with E-state index in [1.54, 1.807) is 0 Å². The number of aromatic hydroxyl groups is 2. The summed E-state index contributed by atoms with van der Waals surface area (Å²) in [7, 11) is 0. The van der Waals surface area contributed by atoms with E-state index in [1.165, 1.54) is 0 Å². The van der Waals surface area contributed by atoms with E-state index in [1.807, 2.05) is 0 Å². The number of unbranched alkanes of at least 4 members (excludes halogenated alkanes) is 1. The van der Waals surface area contributed by atoms with Gasteiger partial charge >= 0.3 is 11.9 Å². The Morgan fingerprint density at radius 1 is 1.21 bits per heavy atom. The van der Waals surface area contributed by atoms with Crippen molar-refractivity contribution in [3.63, 3.8) is 0 Å². The lowest BCUT2D eigenvalue weighted by Gasteiger charge is -2.44. The number of fused-ring (bicyclic) bond motifs is 3. The van der Waals surface area contributed by atoms with Gasteiger partial charge < -0.3 is 39.7 Å². The molecular formula is C23H32O10S. The molecule has 0 radical (unpaired) electrons. The van der Waals surface area contributed by atoms with Gasteiger partial charge in [0.2, 0.25) is 0 Å². The number of rotatable bonds is 10. The molecule has 0 aliphatic carbocycles. The van der Waals surface area contributed by atoms with Crippen molar-refractivity contribution in [3.8, 4) is 11.5 Å². The standard InChI is InChI=1S/C23H32O10S/c1-2-5-11(34)6-3-4-7-16(26)31-10-15-19(28)20(29)22-21(32-15)17-12(23(30)33-22)8-14(25)13(9-24)18(17)27/h8,11,15,19-22,24-25,27-29,34H,2-7,9-10H2,1H3. The molecule has 0 amide bonds. The van der Waals surface area contributed by atoms with E-state index in [0.29, 0.717) is 11.7 Å². The molecule has 0 bridgehead atoms. The average molecular weight is 501 g/mol. The molecule has 0 saturated carbocycles. The van der Waals surface area contributed by atoms with Gasteiger partial charge in [-0.3, -0.25) is 4.79 Å². The largest absolute Gasteiger partial charge is 0.507 e. The van der Waals surface area contributed by atoms with Gasteiger partial charge in [0.15, 0.2) is 6.10 Å². The van der Waals surface area contributed by atoms with Crippen LogP contribution in [0.3, 0.4) is 0 Å². The summed E-state index contributed by atoms with van der Waals surface area (Å²) in [4.78, 5) is 24.5. The highest BCUT2D eigenvalue weighted by Crippen LogP contribution is 2.46. The number of esters is 2. The lowest BCUT2D eigenvalue weighted by Crippen LogP contribution is -2.58. The number of hydrogen-bond donors (Lipinski definition) is 6. The molecule has 190 valence electrons. The molecule has 11 heteroatoms. The maximum atomic E-state index is 12.4. The number of ether oxygens (including phenoxy) is 3. The number of hydrogen-bond acceptors (Lipinski definition) is 11. The van der Waals surface area contributed by atoms with Crippen molar-refractivity contribution in [2.45, 2.75) is 87.8 Å². The van der Waals surface area contributed by atoms with Gasteiger partial charge in [-0.05, 0) is 25.3 Å². The van der Waals surface area contributed by atoms with Crippen LogP contribution in [0.25, 0.3) is 0 Å². The summed E-state index contributed by atoms with van der Waals surface area (Å²) >= 11 is 4.49. The molecule has 3 rings (SSSR count). The van der Waals surface area contributed by atoms with Crippen molar-refractivity contribution in [3.05, 3.63) is 22.8 Å². The predicted molar refractivity (Wildman–Crippen MR) is 122 cm³/mol. The summed E-state index contributed by atoms with van der Waals surface area (Å²) in [6.07, 6.45) is -2.23. The molecule has 1 aromatic rings. The highest BCUT2D eigenvalue weighted by Gasteiger charge is 2.52. The number of benzene rings is 1. The number of aliphatic hydroxyl groups excluding tert-OH is 3. The zero-order valence-corrected chi connectivity index (χ0v) is 19.8. The van der Waals surface area contributed by atoms with Gasteiger partial charge in [0.1, 0.15) is 42.5 Å². The lowest BCUT2D eigenvalue weighted by atomic mass is 9.85. The minimum absolute atomic E-state index is 0.0845. The first-order valence-electron chi connectivity index (χ1n) is 11.4. The first kappa shape index (κ1) is 26.6. The molecule has 10 nitrogen and oxygen atoms in total. The van der Waals surface area contributed by atoms with Crippen LogP contribution in [-0.4, -0.2) is 73.7 Å². The molecular weight excluding hydrogens is 468 g/mol. The molecule has 1 fully saturated rings. The first-order chi connectivity index (χ1) is 16.2. The number of phenols is 2. The predicted octanol–water partition coefficient (Wildman–Crippen LogP) is 1.49. The zero-order valence-electron chi connectivity index (χ0n) is 18.9. The molecule has 2 aliphatic heterocycles. The summed E-state index contributed by atoms with van der Waals surface area (Å²) in [5.41, 5.74) is -0.501. The third-order valence-electron chi connectivity index (χ3n) is 6.21. The molecule has 0 aromatic heterocycles. The summed E-state index contributed by atoms with van der Waals surface area (Å²) in [6.45, 7) is 1.02. The lowest BCUT2D eigenvalue weighted by molar-refractivity contribution is -0.237. The van der Waals surface area contributed by atoms with Gasteiger partial charge in [-0.15, -0.1) is 0 Å². The molecule has 0 spiro atoms. The Morgan fingerprint density at radius 2 is 1.94 bits per heavy atom. The molecule has 34 heavy (non-hydrogen) atoms. The van der Waals surface area contributed by atoms with Crippen molar-refractivity contribution in [1.29, 1.82) is 0 Å². The topological polar surface area (TPSA) is 163 Å². The third kappa shape index (κ3) is 5.60. The number of carbonyl (C=O) groups excluding carboxylic acids is 2. The fraction of sp³-hybridized carbons (Fsp3) is 0.652. The Hall–Kier alpha value is -2.05. The van der Waals surface area contributed by atoms with E-state index in [4.69, 9.17) is 14.2 Å². The molecule has 2 heterocycles. The van der Waals surface area contributed by atoms with Crippen LogP contribution in [0, 0.1) is 0 Å². The van der Waals surface area contributed by atoms with E-state index in [2.05, 4.69) is 19.6 Å². The van der Waals surface area contributed by atoms with Crippen LogP contribution < -0.4 is 0 Å². The second kappa shape index (κ2) is 11.6. The molecule has 6 unspecified atom stereocenters. The quantitative estimate of drug-likeness (QED) is 0.158. The van der Waals surface area contributed by atoms with E-state index >= 15 is 0 Å². The smallest absolute Gasteiger partial charge is 0.339 e. The van der Waals surface area contributed by atoms with Gasteiger partial charge in [0.05, 0.1) is 17.7 Å². The van der Waals surface area contributed by atoms with Crippen LogP contribution in [0.1, 0.15) is 73.0 Å². The fourth-order valence-corrected chi connectivity index (χ4v) is 4.77. The van der Waals surface area contributed by atoms with E-state index in [-0.39, 0.29) is 29.7 Å². The number of aliphatic hydroxyl groups is 3. The van der Waals surface area contributed by atoms with Crippen molar-refractivity contribution >= 4 is 24.6 Å². The highest BCUT2D eigenvalue weighted by molar-refractivity contribution is 7.80. The second-order valence-corrected chi connectivity index (χ2v) is 9.39. The van der Waals surface area contributed by atoms with Crippen molar-refractivity contribution in [2.24, 2.45) is 0 Å². The minimum atomic E-state index is -1.59. The van der Waals surface area contributed by atoms with Gasteiger partial charge in [0, 0.05) is 17.2 Å². The zero-order chi connectivity index (χ0) is 25.0. The van der Waals surface area contributed by atoms with Crippen LogP contribution in [-0.2, 0) is 25.6 Å². The minimum Gasteiger partial charge on any atom is -0.507 e. The van der Waals surface area contributed by atoms with Gasteiger partial charge in [0.25, 0.3) is 0 Å². The molecule has 1 aromatic carbocycles. The monoisotopic (exact) mass is 500 g/mol. The molecule has 2 aliphatic rings. The molecule has 5 N–H and O–H groups in total. The molecule has 1 saturated heterocycles. The highest BCUT2D eigenvalue weighted by atomic mass is 32.1. The van der Waals surface area contributed by atoms with Gasteiger partial charge in [-0.25, -0.2) is 4.79 Å². The maximum Gasteiger partial charge on any atom is 0.339 e. The fourth-order valence-electron chi connectivity index (χ4n) is 4.33. The van der Waals surface area contributed by atoms with Crippen molar-refractivity contribution in [2.75, 3.05) is 6.61 Å². The summed E-state index contributed by atoms with van der Waals surface area (Å²) in [6, 6.07) is 1.03. The number of carbonyl (C=O) groups is 2. The van der Waals surface area contributed by atoms with Gasteiger partial charge in [-0.2, -0.15) is 12.6 Å². The summed E-state index contributed by atoms with van der Waals surface area (Å²) in [5, 5.41) is 51.3. The van der Waals surface area contributed by atoms with Crippen molar-refractivity contribution < 1.29 is 49.3 Å². The van der Waals surface area contributed by atoms with Gasteiger partial charge in [-0.1, -0.05) is 19.8 Å². The SMILES string of the molecule is CCCC(S)CCCCC(=O)OCC1OC2c3c(cc(O)c(CO)c3O)C(=O)OC2C(O)C1O. The molecule has 6 atom stereocenters. The van der Waals surface area contributed by atoms with Crippen LogP contribution in [0.5, 0.6) is 11.5 Å². The summed E-state index contributed by atoms with van der Waals surface area (Å²) < 4.78 is 16.2. The third-order valence-corrected chi connectivity index (χ3v) is 6.73. The van der Waals surface area contributed by atoms with Crippen LogP contribution in [0.2, 0.25) is 0 Å². The second-order valence-electron chi connectivity index (χ2n) is 8.66. The van der Waals surface area contributed by atoms with E-state index in [9.17, 15) is 35.1 Å².